The molecule has 0 bridgehead atoms. The molecule has 0 aliphatic carbocycles. The second-order valence-electron chi connectivity index (χ2n) is 3.75. The Morgan fingerprint density at radius 3 is 2.78 bits per heavy atom. The van der Waals surface area contributed by atoms with Gasteiger partial charge in [0, 0.05) is 6.07 Å². The molecular formula is C13H14N2O3. The summed E-state index contributed by atoms with van der Waals surface area (Å²) in [4.78, 5) is 11.5. The van der Waals surface area contributed by atoms with E-state index in [1.54, 1.807) is 6.92 Å². The first-order valence-electron chi connectivity index (χ1n) is 5.68. The van der Waals surface area contributed by atoms with Crippen LogP contribution in [0.1, 0.15) is 23.0 Å². The molecule has 1 heterocycles. The Morgan fingerprint density at radius 2 is 2.11 bits per heavy atom. The maximum absolute atomic E-state index is 11.5. The van der Waals surface area contributed by atoms with Crippen LogP contribution in [0.25, 0.3) is 0 Å². The van der Waals surface area contributed by atoms with Crippen LogP contribution in [-0.2, 0) is 11.3 Å². The lowest BCUT2D eigenvalue weighted by Gasteiger charge is -2.02. The molecule has 2 aromatic rings. The van der Waals surface area contributed by atoms with Gasteiger partial charge in [0.1, 0.15) is 0 Å². The van der Waals surface area contributed by atoms with Gasteiger partial charge in [0.15, 0.2) is 5.69 Å². The lowest BCUT2D eigenvalue weighted by atomic mass is 10.2. The van der Waals surface area contributed by atoms with Crippen LogP contribution in [0.15, 0.2) is 36.4 Å². The third kappa shape index (κ3) is 2.68. The highest BCUT2D eigenvalue weighted by Crippen LogP contribution is 2.14. The number of hydrogen-bond acceptors (Lipinski definition) is 4. The van der Waals surface area contributed by atoms with Crippen molar-refractivity contribution in [2.24, 2.45) is 0 Å². The van der Waals surface area contributed by atoms with E-state index >= 15 is 0 Å². The Balaban J connectivity index is 2.17. The van der Waals surface area contributed by atoms with Gasteiger partial charge in [0.25, 0.3) is 0 Å². The summed E-state index contributed by atoms with van der Waals surface area (Å²) in [6.45, 7) is 2.41. The molecule has 0 atom stereocenters. The minimum Gasteiger partial charge on any atom is -0.493 e. The van der Waals surface area contributed by atoms with Crippen LogP contribution in [0, 0.1) is 0 Å². The number of nitrogens with zero attached hydrogens (tertiary/aromatic N) is 2. The third-order valence-corrected chi connectivity index (χ3v) is 2.42. The van der Waals surface area contributed by atoms with E-state index in [9.17, 15) is 9.90 Å². The maximum atomic E-state index is 11.5. The molecule has 1 aromatic carbocycles. The molecule has 0 fully saturated rings. The van der Waals surface area contributed by atoms with Crippen LogP contribution >= 0.6 is 0 Å². The fraction of sp³-hybridized carbons (Fsp3) is 0.231. The van der Waals surface area contributed by atoms with E-state index in [4.69, 9.17) is 4.74 Å². The third-order valence-electron chi connectivity index (χ3n) is 2.42. The number of esters is 1. The normalized spacial score (nSPS) is 10.3. The van der Waals surface area contributed by atoms with Crippen LogP contribution in [0.2, 0.25) is 0 Å². The van der Waals surface area contributed by atoms with Gasteiger partial charge >= 0.3 is 5.97 Å². The van der Waals surface area contributed by atoms with Crippen molar-refractivity contribution in [1.29, 1.82) is 0 Å². The number of carbonyl (C=O) groups excluding carboxylic acids is 1. The quantitative estimate of drug-likeness (QED) is 0.836. The SMILES string of the molecule is CCOC(=O)c1cc(O)n(Cc2ccccc2)n1. The monoisotopic (exact) mass is 246 g/mol. The van der Waals surface area contributed by atoms with E-state index in [0.29, 0.717) is 6.54 Å². The summed E-state index contributed by atoms with van der Waals surface area (Å²) >= 11 is 0. The van der Waals surface area contributed by atoms with Crippen molar-refractivity contribution >= 4 is 5.97 Å². The number of rotatable bonds is 4. The van der Waals surface area contributed by atoms with Crippen molar-refractivity contribution in [1.82, 2.24) is 9.78 Å². The Hall–Kier alpha value is -2.30. The molecule has 1 N–H and O–H groups in total. The number of ether oxygens (including phenoxy) is 1. The van der Waals surface area contributed by atoms with Crippen molar-refractivity contribution in [2.75, 3.05) is 6.61 Å². The molecule has 0 aliphatic heterocycles. The molecule has 0 amide bonds. The molecule has 0 saturated heterocycles. The van der Waals surface area contributed by atoms with Crippen molar-refractivity contribution in [3.63, 3.8) is 0 Å². The Bertz CT molecular complexity index is 534. The molecule has 0 aliphatic rings. The molecule has 0 saturated carbocycles. The Kier molecular flexibility index (Phi) is 3.62. The minimum atomic E-state index is -0.528. The predicted molar refractivity (Wildman–Crippen MR) is 65.4 cm³/mol. The second kappa shape index (κ2) is 5.35. The molecule has 0 radical (unpaired) electrons. The van der Waals surface area contributed by atoms with Crippen molar-refractivity contribution in [3.05, 3.63) is 47.7 Å². The van der Waals surface area contributed by atoms with Crippen LogP contribution in [0.4, 0.5) is 0 Å². The fourth-order valence-electron chi connectivity index (χ4n) is 1.58. The number of aromatic hydroxyl groups is 1. The van der Waals surface area contributed by atoms with Gasteiger partial charge in [-0.25, -0.2) is 9.48 Å². The molecular weight excluding hydrogens is 232 g/mol. The van der Waals surface area contributed by atoms with Gasteiger partial charge < -0.3 is 9.84 Å². The zero-order chi connectivity index (χ0) is 13.0. The first-order chi connectivity index (χ1) is 8.70. The van der Waals surface area contributed by atoms with Gasteiger partial charge in [0.2, 0.25) is 5.88 Å². The molecule has 94 valence electrons. The standard InChI is InChI=1S/C13H14N2O3/c1-2-18-13(17)11-8-12(16)15(14-11)9-10-6-4-3-5-7-10/h3-8,16H,2,9H2,1H3. The molecule has 2 rings (SSSR count). The highest BCUT2D eigenvalue weighted by atomic mass is 16.5. The summed E-state index contributed by atoms with van der Waals surface area (Å²) in [5.41, 5.74) is 1.11. The first-order valence-corrected chi connectivity index (χ1v) is 5.68. The highest BCUT2D eigenvalue weighted by Gasteiger charge is 2.14. The fourth-order valence-corrected chi connectivity index (χ4v) is 1.58. The van der Waals surface area contributed by atoms with Crippen LogP contribution in [-0.4, -0.2) is 27.5 Å². The lowest BCUT2D eigenvalue weighted by molar-refractivity contribution is 0.0518. The predicted octanol–water partition coefficient (Wildman–Crippen LogP) is 1.81. The highest BCUT2D eigenvalue weighted by molar-refractivity contribution is 5.87. The number of aromatic nitrogens is 2. The number of hydrogen-bond donors (Lipinski definition) is 1. The summed E-state index contributed by atoms with van der Waals surface area (Å²) in [5.74, 6) is -0.582. The van der Waals surface area contributed by atoms with E-state index in [1.807, 2.05) is 30.3 Å². The summed E-state index contributed by atoms with van der Waals surface area (Å²) in [6, 6.07) is 10.9. The maximum Gasteiger partial charge on any atom is 0.358 e. The van der Waals surface area contributed by atoms with E-state index < -0.39 is 5.97 Å². The van der Waals surface area contributed by atoms with Crippen molar-refractivity contribution in [3.8, 4) is 5.88 Å². The second-order valence-corrected chi connectivity index (χ2v) is 3.75. The van der Waals surface area contributed by atoms with Gasteiger partial charge in [-0.1, -0.05) is 30.3 Å². The Labute approximate surface area is 105 Å². The van der Waals surface area contributed by atoms with E-state index in [0.717, 1.165) is 5.56 Å². The summed E-state index contributed by atoms with van der Waals surface area (Å²) in [7, 11) is 0. The largest absolute Gasteiger partial charge is 0.493 e. The topological polar surface area (TPSA) is 64.3 Å². The zero-order valence-electron chi connectivity index (χ0n) is 10.0. The Morgan fingerprint density at radius 1 is 1.39 bits per heavy atom. The van der Waals surface area contributed by atoms with E-state index in [1.165, 1.54) is 10.7 Å². The molecule has 0 unspecified atom stereocenters. The molecule has 18 heavy (non-hydrogen) atoms. The lowest BCUT2D eigenvalue weighted by Crippen LogP contribution is -2.07. The smallest absolute Gasteiger partial charge is 0.358 e. The molecule has 0 spiro atoms. The van der Waals surface area contributed by atoms with Crippen LogP contribution in [0.5, 0.6) is 5.88 Å². The van der Waals surface area contributed by atoms with Crippen molar-refractivity contribution < 1.29 is 14.6 Å². The van der Waals surface area contributed by atoms with Gasteiger partial charge in [0.05, 0.1) is 13.2 Å². The van der Waals surface area contributed by atoms with E-state index in [2.05, 4.69) is 5.10 Å². The zero-order valence-corrected chi connectivity index (χ0v) is 10.0. The number of carbonyl (C=O) groups is 1. The molecule has 5 nitrogen and oxygen atoms in total. The van der Waals surface area contributed by atoms with E-state index in [-0.39, 0.29) is 18.2 Å². The summed E-state index contributed by atoms with van der Waals surface area (Å²) < 4.78 is 6.18. The van der Waals surface area contributed by atoms with Gasteiger partial charge in [-0.05, 0) is 12.5 Å². The summed E-state index contributed by atoms with van der Waals surface area (Å²) in [6.07, 6.45) is 0. The summed E-state index contributed by atoms with van der Waals surface area (Å²) in [5, 5.41) is 13.7. The van der Waals surface area contributed by atoms with Gasteiger partial charge in [-0.2, -0.15) is 5.10 Å². The molecule has 1 aromatic heterocycles. The van der Waals surface area contributed by atoms with Gasteiger partial charge in [-0.3, -0.25) is 0 Å². The number of benzene rings is 1. The van der Waals surface area contributed by atoms with Crippen molar-refractivity contribution in [2.45, 2.75) is 13.5 Å². The average molecular weight is 246 g/mol. The van der Waals surface area contributed by atoms with Crippen LogP contribution < -0.4 is 0 Å². The first kappa shape index (κ1) is 12.2. The average Bonchev–Trinajstić information content (AvgIpc) is 2.73. The molecule has 5 heteroatoms. The van der Waals surface area contributed by atoms with Crippen LogP contribution in [0.3, 0.4) is 0 Å². The van der Waals surface area contributed by atoms with Gasteiger partial charge in [-0.15, -0.1) is 0 Å². The minimum absolute atomic E-state index is 0.0538.